The molecule has 0 spiro atoms. The zero-order valence-electron chi connectivity index (χ0n) is 14.6. The summed E-state index contributed by atoms with van der Waals surface area (Å²) in [5.41, 5.74) is 3.26. The molecule has 1 saturated heterocycles. The maximum Gasteiger partial charge on any atom is 0.167 e. The highest BCUT2D eigenvalue weighted by Gasteiger charge is 2.20. The third-order valence-corrected chi connectivity index (χ3v) is 4.89. The van der Waals surface area contributed by atoms with Gasteiger partial charge in [-0.1, -0.05) is 5.16 Å². The number of Topliss-reactive ketones (excluding diaryl/α,β-unsaturated/α-hetero) is 1. The Balaban J connectivity index is 1.40. The molecule has 4 rings (SSSR count). The summed E-state index contributed by atoms with van der Waals surface area (Å²) >= 11 is 0. The SMILES string of the molecule is CC(=O)c1ccc(N2CCN(Cc3noc4ccc(F)cc34)CC2)cc1. The lowest BCUT2D eigenvalue weighted by molar-refractivity contribution is 0.101. The van der Waals surface area contributed by atoms with Crippen molar-refractivity contribution in [3.63, 3.8) is 0 Å². The number of nitrogens with zero attached hydrogens (tertiary/aromatic N) is 3. The molecule has 6 heteroatoms. The highest BCUT2D eigenvalue weighted by molar-refractivity contribution is 5.94. The van der Waals surface area contributed by atoms with Gasteiger partial charge in [0.05, 0.1) is 0 Å². The van der Waals surface area contributed by atoms with Gasteiger partial charge in [0.1, 0.15) is 11.5 Å². The minimum atomic E-state index is -0.277. The molecule has 1 aliphatic heterocycles. The highest BCUT2D eigenvalue weighted by Crippen LogP contribution is 2.22. The molecule has 2 heterocycles. The lowest BCUT2D eigenvalue weighted by atomic mass is 10.1. The van der Waals surface area contributed by atoms with Crippen LogP contribution in [0.1, 0.15) is 23.0 Å². The van der Waals surface area contributed by atoms with Crippen molar-refractivity contribution >= 4 is 22.4 Å². The Labute approximate surface area is 151 Å². The molecule has 3 aromatic rings. The summed E-state index contributed by atoms with van der Waals surface area (Å²) in [5, 5.41) is 4.85. The highest BCUT2D eigenvalue weighted by atomic mass is 19.1. The van der Waals surface area contributed by atoms with Crippen LogP contribution in [0.4, 0.5) is 10.1 Å². The number of carbonyl (C=O) groups excluding carboxylic acids is 1. The first-order valence-corrected chi connectivity index (χ1v) is 8.72. The van der Waals surface area contributed by atoms with Crippen LogP contribution < -0.4 is 4.90 Å². The monoisotopic (exact) mass is 353 g/mol. The molecule has 2 aromatic carbocycles. The molecule has 1 fully saturated rings. The molecule has 1 aliphatic rings. The van der Waals surface area contributed by atoms with Crippen molar-refractivity contribution < 1.29 is 13.7 Å². The van der Waals surface area contributed by atoms with Gasteiger partial charge in [0, 0.05) is 49.4 Å². The second-order valence-corrected chi connectivity index (χ2v) is 6.64. The Morgan fingerprint density at radius 2 is 1.85 bits per heavy atom. The number of piperazine rings is 1. The van der Waals surface area contributed by atoms with E-state index in [1.165, 1.54) is 12.1 Å². The van der Waals surface area contributed by atoms with Crippen molar-refractivity contribution in [1.82, 2.24) is 10.1 Å². The second kappa shape index (κ2) is 6.88. The van der Waals surface area contributed by atoms with Gasteiger partial charge in [0.15, 0.2) is 11.4 Å². The number of benzene rings is 2. The number of carbonyl (C=O) groups is 1. The van der Waals surface area contributed by atoms with E-state index in [0.717, 1.165) is 48.5 Å². The quantitative estimate of drug-likeness (QED) is 0.672. The fourth-order valence-corrected chi connectivity index (χ4v) is 3.36. The molecule has 134 valence electrons. The van der Waals surface area contributed by atoms with Gasteiger partial charge >= 0.3 is 0 Å². The van der Waals surface area contributed by atoms with E-state index in [1.807, 2.05) is 24.3 Å². The van der Waals surface area contributed by atoms with Crippen LogP contribution in [0.15, 0.2) is 47.0 Å². The Kier molecular flexibility index (Phi) is 4.42. The van der Waals surface area contributed by atoms with E-state index in [-0.39, 0.29) is 11.6 Å². The molecule has 1 aromatic heterocycles. The Bertz CT molecular complexity index is 928. The minimum absolute atomic E-state index is 0.0812. The number of anilines is 1. The summed E-state index contributed by atoms with van der Waals surface area (Å²) in [6, 6.07) is 12.2. The van der Waals surface area contributed by atoms with E-state index in [9.17, 15) is 9.18 Å². The minimum Gasteiger partial charge on any atom is -0.369 e. The third kappa shape index (κ3) is 3.32. The summed E-state index contributed by atoms with van der Waals surface area (Å²) in [5.74, 6) is -0.196. The molecule has 26 heavy (non-hydrogen) atoms. The van der Waals surface area contributed by atoms with E-state index >= 15 is 0 Å². The van der Waals surface area contributed by atoms with Gasteiger partial charge in [-0.25, -0.2) is 4.39 Å². The molecule has 0 amide bonds. The number of fused-ring (bicyclic) bond motifs is 1. The van der Waals surface area contributed by atoms with Gasteiger partial charge in [-0.15, -0.1) is 0 Å². The lowest BCUT2D eigenvalue weighted by Crippen LogP contribution is -2.46. The Hall–Kier alpha value is -2.73. The zero-order chi connectivity index (χ0) is 18.1. The third-order valence-electron chi connectivity index (χ3n) is 4.89. The predicted molar refractivity (Wildman–Crippen MR) is 97.9 cm³/mol. The Morgan fingerprint density at radius 3 is 2.54 bits per heavy atom. The van der Waals surface area contributed by atoms with Crippen molar-refractivity contribution in [2.24, 2.45) is 0 Å². The van der Waals surface area contributed by atoms with Crippen LogP contribution in [0.5, 0.6) is 0 Å². The normalized spacial score (nSPS) is 15.5. The predicted octanol–water partition coefficient (Wildman–Crippen LogP) is 3.49. The van der Waals surface area contributed by atoms with Crippen LogP contribution in [0, 0.1) is 5.82 Å². The number of aromatic nitrogens is 1. The van der Waals surface area contributed by atoms with Crippen molar-refractivity contribution in [3.05, 3.63) is 59.5 Å². The first kappa shape index (κ1) is 16.7. The van der Waals surface area contributed by atoms with E-state index in [1.54, 1.807) is 13.0 Å². The largest absolute Gasteiger partial charge is 0.369 e. The fraction of sp³-hybridized carbons (Fsp3) is 0.300. The molecule has 0 saturated carbocycles. The topological polar surface area (TPSA) is 49.6 Å². The van der Waals surface area contributed by atoms with Gasteiger partial charge in [-0.05, 0) is 49.4 Å². The van der Waals surface area contributed by atoms with Crippen LogP contribution in [0.2, 0.25) is 0 Å². The summed E-state index contributed by atoms with van der Waals surface area (Å²) in [4.78, 5) is 16.0. The van der Waals surface area contributed by atoms with Crippen molar-refractivity contribution in [3.8, 4) is 0 Å². The van der Waals surface area contributed by atoms with Gasteiger partial charge in [-0.3, -0.25) is 9.69 Å². The van der Waals surface area contributed by atoms with Crippen molar-refractivity contribution in [1.29, 1.82) is 0 Å². The van der Waals surface area contributed by atoms with Crippen LogP contribution >= 0.6 is 0 Å². The fourth-order valence-electron chi connectivity index (χ4n) is 3.36. The summed E-state index contributed by atoms with van der Waals surface area (Å²) in [6.07, 6.45) is 0. The smallest absolute Gasteiger partial charge is 0.167 e. The molecule has 0 unspecified atom stereocenters. The van der Waals surface area contributed by atoms with Gasteiger partial charge in [0.25, 0.3) is 0 Å². The van der Waals surface area contributed by atoms with Crippen LogP contribution in [0.25, 0.3) is 11.0 Å². The van der Waals surface area contributed by atoms with E-state index in [2.05, 4.69) is 15.0 Å². The molecule has 0 atom stereocenters. The number of hydrogen-bond acceptors (Lipinski definition) is 5. The second-order valence-electron chi connectivity index (χ2n) is 6.64. The average molecular weight is 353 g/mol. The van der Waals surface area contributed by atoms with E-state index < -0.39 is 0 Å². The number of rotatable bonds is 4. The van der Waals surface area contributed by atoms with E-state index in [4.69, 9.17) is 4.52 Å². The first-order chi connectivity index (χ1) is 12.6. The maximum absolute atomic E-state index is 13.5. The summed E-state index contributed by atoms with van der Waals surface area (Å²) in [6.45, 7) is 5.78. The van der Waals surface area contributed by atoms with Gasteiger partial charge in [-0.2, -0.15) is 0 Å². The summed E-state index contributed by atoms with van der Waals surface area (Å²) in [7, 11) is 0. The van der Waals surface area contributed by atoms with Crippen molar-refractivity contribution in [2.45, 2.75) is 13.5 Å². The van der Waals surface area contributed by atoms with Gasteiger partial charge in [0.2, 0.25) is 0 Å². The zero-order valence-corrected chi connectivity index (χ0v) is 14.6. The number of hydrogen-bond donors (Lipinski definition) is 0. The number of ketones is 1. The van der Waals surface area contributed by atoms with Crippen LogP contribution in [0.3, 0.4) is 0 Å². The average Bonchev–Trinajstić information content (AvgIpc) is 3.04. The molecule has 0 radical (unpaired) electrons. The first-order valence-electron chi connectivity index (χ1n) is 8.72. The van der Waals surface area contributed by atoms with Gasteiger partial charge < -0.3 is 9.42 Å². The number of halogens is 1. The molecule has 5 nitrogen and oxygen atoms in total. The molecule has 0 bridgehead atoms. The summed E-state index contributed by atoms with van der Waals surface area (Å²) < 4.78 is 18.8. The molecule has 0 N–H and O–H groups in total. The molecule has 0 aliphatic carbocycles. The van der Waals surface area contributed by atoms with E-state index in [0.29, 0.717) is 12.1 Å². The lowest BCUT2D eigenvalue weighted by Gasteiger charge is -2.35. The van der Waals surface area contributed by atoms with Crippen LogP contribution in [-0.4, -0.2) is 42.0 Å². The van der Waals surface area contributed by atoms with Crippen LogP contribution in [-0.2, 0) is 6.54 Å². The Morgan fingerprint density at radius 1 is 1.12 bits per heavy atom. The van der Waals surface area contributed by atoms with Crippen molar-refractivity contribution in [2.75, 3.05) is 31.1 Å². The maximum atomic E-state index is 13.5. The molecular weight excluding hydrogens is 333 g/mol. The standard InChI is InChI=1S/C20H20FN3O2/c1-14(25)15-2-5-17(6-3-15)24-10-8-23(9-11-24)13-19-18-12-16(21)4-7-20(18)26-22-19/h2-7,12H,8-11,13H2,1H3. The molecular formula is C20H20FN3O2.